The van der Waals surface area contributed by atoms with E-state index in [-0.39, 0.29) is 6.04 Å². The van der Waals surface area contributed by atoms with Crippen molar-refractivity contribution >= 4 is 27.5 Å². The largest absolute Gasteiger partial charge is 0.329 e. The van der Waals surface area contributed by atoms with Crippen molar-refractivity contribution < 1.29 is 0 Å². The molecule has 1 fully saturated rings. The van der Waals surface area contributed by atoms with Crippen LogP contribution >= 0.6 is 27.5 Å². The Balaban J connectivity index is 2.19. The minimum Gasteiger partial charge on any atom is -0.329 e. The standard InChI is InChI=1S/C15H22BrClN2/c1-2-7-19(10-11-3-4-11)15(9-18)13-6-5-12(16)8-14(13)17/h5-6,8,11,15H,2-4,7,9-10,18H2,1H3. The van der Waals surface area contributed by atoms with Gasteiger partial charge in [-0.25, -0.2) is 0 Å². The first-order valence-corrected chi connectivity index (χ1v) is 8.21. The van der Waals surface area contributed by atoms with Gasteiger partial charge in [0.15, 0.2) is 0 Å². The third kappa shape index (κ3) is 4.19. The van der Waals surface area contributed by atoms with Crippen LogP contribution in [0, 0.1) is 5.92 Å². The lowest BCUT2D eigenvalue weighted by atomic mass is 10.0. The van der Waals surface area contributed by atoms with Gasteiger partial charge in [-0.15, -0.1) is 0 Å². The first kappa shape index (κ1) is 15.3. The number of rotatable bonds is 7. The molecule has 2 N–H and O–H groups in total. The molecule has 1 atom stereocenters. The Bertz CT molecular complexity index is 421. The van der Waals surface area contributed by atoms with Gasteiger partial charge in [0.05, 0.1) is 0 Å². The van der Waals surface area contributed by atoms with Crippen molar-refractivity contribution in [2.75, 3.05) is 19.6 Å². The number of benzene rings is 1. The number of nitrogens with zero attached hydrogens (tertiary/aromatic N) is 1. The van der Waals surface area contributed by atoms with E-state index in [0.29, 0.717) is 6.54 Å². The summed E-state index contributed by atoms with van der Waals surface area (Å²) >= 11 is 9.84. The van der Waals surface area contributed by atoms with Crippen LogP contribution < -0.4 is 5.73 Å². The summed E-state index contributed by atoms with van der Waals surface area (Å²) in [7, 11) is 0. The quantitative estimate of drug-likeness (QED) is 0.801. The molecule has 0 spiro atoms. The summed E-state index contributed by atoms with van der Waals surface area (Å²) in [6, 6.07) is 6.34. The maximum Gasteiger partial charge on any atom is 0.0485 e. The van der Waals surface area contributed by atoms with Gasteiger partial charge in [0.2, 0.25) is 0 Å². The molecule has 0 aliphatic heterocycles. The van der Waals surface area contributed by atoms with E-state index in [1.807, 2.05) is 12.1 Å². The second-order valence-corrected chi connectivity index (χ2v) is 6.68. The molecule has 0 heterocycles. The van der Waals surface area contributed by atoms with Crippen LogP contribution in [-0.4, -0.2) is 24.5 Å². The van der Waals surface area contributed by atoms with Crippen molar-refractivity contribution in [3.8, 4) is 0 Å². The number of hydrogen-bond acceptors (Lipinski definition) is 2. The summed E-state index contributed by atoms with van der Waals surface area (Å²) in [6.07, 6.45) is 3.88. The number of nitrogens with two attached hydrogens (primary N) is 1. The van der Waals surface area contributed by atoms with E-state index >= 15 is 0 Å². The van der Waals surface area contributed by atoms with Crippen LogP contribution in [0.3, 0.4) is 0 Å². The Hall–Kier alpha value is -0.0900. The zero-order valence-corrected chi connectivity index (χ0v) is 13.8. The van der Waals surface area contributed by atoms with Crippen LogP contribution in [0.5, 0.6) is 0 Å². The van der Waals surface area contributed by atoms with Crippen LogP contribution in [0.2, 0.25) is 5.02 Å². The zero-order valence-electron chi connectivity index (χ0n) is 11.4. The van der Waals surface area contributed by atoms with E-state index in [9.17, 15) is 0 Å². The SMILES string of the molecule is CCCN(CC1CC1)C(CN)c1ccc(Br)cc1Cl. The lowest BCUT2D eigenvalue weighted by Crippen LogP contribution is -2.36. The highest BCUT2D eigenvalue weighted by Crippen LogP contribution is 2.35. The number of hydrogen-bond donors (Lipinski definition) is 1. The molecule has 0 bridgehead atoms. The van der Waals surface area contributed by atoms with Gasteiger partial charge in [0.25, 0.3) is 0 Å². The predicted octanol–water partition coefficient (Wildman–Crippen LogP) is 4.22. The first-order valence-electron chi connectivity index (χ1n) is 7.04. The third-order valence-corrected chi connectivity index (χ3v) is 4.51. The van der Waals surface area contributed by atoms with Crippen LogP contribution in [-0.2, 0) is 0 Å². The van der Waals surface area contributed by atoms with Crippen molar-refractivity contribution in [2.24, 2.45) is 11.7 Å². The highest BCUT2D eigenvalue weighted by atomic mass is 79.9. The second-order valence-electron chi connectivity index (χ2n) is 5.36. The molecule has 4 heteroatoms. The predicted molar refractivity (Wildman–Crippen MR) is 85.5 cm³/mol. The van der Waals surface area contributed by atoms with E-state index in [2.05, 4.69) is 33.8 Å². The van der Waals surface area contributed by atoms with E-state index in [0.717, 1.165) is 40.5 Å². The smallest absolute Gasteiger partial charge is 0.0485 e. The fourth-order valence-electron chi connectivity index (χ4n) is 2.54. The van der Waals surface area contributed by atoms with Crippen molar-refractivity contribution in [1.29, 1.82) is 0 Å². The summed E-state index contributed by atoms with van der Waals surface area (Å²) in [5.41, 5.74) is 7.18. The first-order chi connectivity index (χ1) is 9.15. The molecule has 1 aliphatic carbocycles. The van der Waals surface area contributed by atoms with E-state index in [4.69, 9.17) is 17.3 Å². The van der Waals surface area contributed by atoms with Crippen molar-refractivity contribution in [3.63, 3.8) is 0 Å². The van der Waals surface area contributed by atoms with E-state index in [1.54, 1.807) is 0 Å². The molecular weight excluding hydrogens is 324 g/mol. The molecule has 0 aromatic heterocycles. The van der Waals surface area contributed by atoms with Gasteiger partial charge in [-0.3, -0.25) is 4.90 Å². The lowest BCUT2D eigenvalue weighted by Gasteiger charge is -2.31. The summed E-state index contributed by atoms with van der Waals surface area (Å²) in [6.45, 7) is 5.08. The van der Waals surface area contributed by atoms with Crippen molar-refractivity contribution in [1.82, 2.24) is 4.90 Å². The Morgan fingerprint density at radius 3 is 2.74 bits per heavy atom. The molecule has 2 rings (SSSR count). The molecule has 1 unspecified atom stereocenters. The van der Waals surface area contributed by atoms with E-state index in [1.165, 1.54) is 12.8 Å². The molecule has 0 saturated heterocycles. The Labute approximate surface area is 129 Å². The monoisotopic (exact) mass is 344 g/mol. The van der Waals surface area contributed by atoms with Gasteiger partial charge in [0.1, 0.15) is 0 Å². The maximum atomic E-state index is 6.39. The molecule has 2 nitrogen and oxygen atoms in total. The molecule has 1 saturated carbocycles. The highest BCUT2D eigenvalue weighted by molar-refractivity contribution is 9.10. The topological polar surface area (TPSA) is 29.3 Å². The minimum absolute atomic E-state index is 0.237. The summed E-state index contributed by atoms with van der Waals surface area (Å²) in [5.74, 6) is 0.870. The van der Waals surface area contributed by atoms with Gasteiger partial charge in [-0.2, -0.15) is 0 Å². The van der Waals surface area contributed by atoms with Gasteiger partial charge in [0, 0.05) is 28.6 Å². The lowest BCUT2D eigenvalue weighted by molar-refractivity contribution is 0.193. The molecule has 19 heavy (non-hydrogen) atoms. The molecule has 1 aromatic carbocycles. The molecule has 1 aromatic rings. The van der Waals surface area contributed by atoms with Crippen LogP contribution in [0.15, 0.2) is 22.7 Å². The van der Waals surface area contributed by atoms with Gasteiger partial charge in [-0.1, -0.05) is 40.5 Å². The minimum atomic E-state index is 0.237. The molecule has 106 valence electrons. The molecule has 0 amide bonds. The maximum absolute atomic E-state index is 6.39. The fourth-order valence-corrected chi connectivity index (χ4v) is 3.34. The van der Waals surface area contributed by atoms with Crippen molar-refractivity contribution in [3.05, 3.63) is 33.3 Å². The zero-order chi connectivity index (χ0) is 13.8. The highest BCUT2D eigenvalue weighted by Gasteiger charge is 2.28. The van der Waals surface area contributed by atoms with Crippen molar-refractivity contribution in [2.45, 2.75) is 32.2 Å². The normalized spacial score (nSPS) is 16.9. The second kappa shape index (κ2) is 7.07. The van der Waals surface area contributed by atoms with Crippen LogP contribution in [0.25, 0.3) is 0 Å². The Kier molecular flexibility index (Phi) is 5.70. The average molecular weight is 346 g/mol. The summed E-state index contributed by atoms with van der Waals surface area (Å²) < 4.78 is 1.02. The Morgan fingerprint density at radius 2 is 2.21 bits per heavy atom. The molecule has 1 aliphatic rings. The van der Waals surface area contributed by atoms with E-state index < -0.39 is 0 Å². The fraction of sp³-hybridized carbons (Fsp3) is 0.600. The summed E-state index contributed by atoms with van der Waals surface area (Å²) in [5, 5.41) is 0.807. The summed E-state index contributed by atoms with van der Waals surface area (Å²) in [4.78, 5) is 2.51. The van der Waals surface area contributed by atoms with Crippen LogP contribution in [0.1, 0.15) is 37.8 Å². The van der Waals surface area contributed by atoms with Gasteiger partial charge >= 0.3 is 0 Å². The van der Waals surface area contributed by atoms with Gasteiger partial charge in [-0.05, 0) is 49.4 Å². The molecular formula is C15H22BrClN2. The number of halogens is 2. The molecule has 0 radical (unpaired) electrons. The Morgan fingerprint density at radius 1 is 1.47 bits per heavy atom. The third-order valence-electron chi connectivity index (χ3n) is 3.69. The average Bonchev–Trinajstić information content (AvgIpc) is 3.17. The van der Waals surface area contributed by atoms with Gasteiger partial charge < -0.3 is 5.73 Å². The van der Waals surface area contributed by atoms with Crippen LogP contribution in [0.4, 0.5) is 0 Å².